The van der Waals surface area contributed by atoms with E-state index in [1.165, 1.54) is 0 Å². The van der Waals surface area contributed by atoms with Gasteiger partial charge in [-0.25, -0.2) is 4.39 Å². The summed E-state index contributed by atoms with van der Waals surface area (Å²) in [6, 6.07) is 2.99. The number of aliphatic hydroxyl groups excluding tert-OH is 3. The first-order valence-electron chi connectivity index (χ1n) is 5.48. The van der Waals surface area contributed by atoms with Gasteiger partial charge < -0.3 is 20.6 Å². The molecule has 0 amide bonds. The van der Waals surface area contributed by atoms with E-state index in [9.17, 15) is 14.5 Å². The Bertz CT molecular complexity index is 442. The summed E-state index contributed by atoms with van der Waals surface area (Å²) in [5, 5.41) is 40.7. The standard InChI is InChI=1S/C11H15FN2O5/c12-9-1-2-10(14(18)19)8(3-9)4-13-11(5-15,6-16)7-17/h1-3,13,15-17H,4-7H2. The highest BCUT2D eigenvalue weighted by Crippen LogP contribution is 2.20. The lowest BCUT2D eigenvalue weighted by Gasteiger charge is -2.28. The molecule has 0 atom stereocenters. The molecule has 1 aromatic carbocycles. The van der Waals surface area contributed by atoms with Crippen LogP contribution in [0.2, 0.25) is 0 Å². The van der Waals surface area contributed by atoms with Crippen molar-refractivity contribution in [1.29, 1.82) is 0 Å². The van der Waals surface area contributed by atoms with Gasteiger partial charge in [0.2, 0.25) is 0 Å². The van der Waals surface area contributed by atoms with E-state index >= 15 is 0 Å². The third-order valence-corrected chi connectivity index (χ3v) is 2.80. The number of hydrogen-bond acceptors (Lipinski definition) is 6. The monoisotopic (exact) mass is 274 g/mol. The van der Waals surface area contributed by atoms with Crippen LogP contribution in [0, 0.1) is 15.9 Å². The average molecular weight is 274 g/mol. The Morgan fingerprint density at radius 1 is 1.26 bits per heavy atom. The summed E-state index contributed by atoms with van der Waals surface area (Å²) < 4.78 is 13.1. The largest absolute Gasteiger partial charge is 0.394 e. The van der Waals surface area contributed by atoms with Crippen LogP contribution in [-0.4, -0.2) is 45.6 Å². The van der Waals surface area contributed by atoms with E-state index in [1.54, 1.807) is 0 Å². The number of nitrogens with zero attached hydrogens (tertiary/aromatic N) is 1. The van der Waals surface area contributed by atoms with E-state index < -0.39 is 36.1 Å². The van der Waals surface area contributed by atoms with Gasteiger partial charge in [-0.1, -0.05) is 0 Å². The van der Waals surface area contributed by atoms with Gasteiger partial charge in [0.1, 0.15) is 5.82 Å². The highest BCUT2D eigenvalue weighted by atomic mass is 19.1. The van der Waals surface area contributed by atoms with Crippen molar-refractivity contribution in [1.82, 2.24) is 5.32 Å². The van der Waals surface area contributed by atoms with E-state index in [1.807, 2.05) is 0 Å². The molecule has 0 fully saturated rings. The number of nitro groups is 1. The molecule has 8 heteroatoms. The van der Waals surface area contributed by atoms with Gasteiger partial charge in [-0.15, -0.1) is 0 Å². The predicted octanol–water partition coefficient (Wildman–Crippen LogP) is -0.461. The second-order valence-electron chi connectivity index (χ2n) is 4.14. The molecule has 1 rings (SSSR count). The summed E-state index contributed by atoms with van der Waals surface area (Å²) in [5.74, 6) is -0.634. The molecule has 1 aromatic rings. The minimum atomic E-state index is -1.37. The number of halogens is 1. The van der Waals surface area contributed by atoms with Crippen LogP contribution in [0.15, 0.2) is 18.2 Å². The second kappa shape index (κ2) is 6.53. The number of rotatable bonds is 7. The van der Waals surface area contributed by atoms with Gasteiger partial charge in [0, 0.05) is 18.2 Å². The van der Waals surface area contributed by atoms with Crippen molar-refractivity contribution in [2.45, 2.75) is 12.1 Å². The van der Waals surface area contributed by atoms with Crippen molar-refractivity contribution in [2.75, 3.05) is 19.8 Å². The Hall–Kier alpha value is -1.61. The SMILES string of the molecule is O=[N+]([O-])c1ccc(F)cc1CNC(CO)(CO)CO. The van der Waals surface area contributed by atoms with Gasteiger partial charge in [-0.2, -0.15) is 0 Å². The second-order valence-corrected chi connectivity index (χ2v) is 4.14. The molecular formula is C11H15FN2O5. The molecule has 0 bridgehead atoms. The molecule has 0 spiro atoms. The van der Waals surface area contributed by atoms with Gasteiger partial charge in [0.05, 0.1) is 30.3 Å². The summed E-state index contributed by atoms with van der Waals surface area (Å²) in [4.78, 5) is 10.1. The van der Waals surface area contributed by atoms with Crippen LogP contribution in [0.3, 0.4) is 0 Å². The fourth-order valence-corrected chi connectivity index (χ4v) is 1.47. The molecule has 0 aliphatic heterocycles. The number of benzene rings is 1. The maximum absolute atomic E-state index is 13.1. The molecule has 0 saturated heterocycles. The number of aliphatic hydroxyl groups is 3. The molecule has 0 heterocycles. The molecule has 4 N–H and O–H groups in total. The summed E-state index contributed by atoms with van der Waals surface area (Å²) in [7, 11) is 0. The highest BCUT2D eigenvalue weighted by Gasteiger charge is 2.28. The lowest BCUT2D eigenvalue weighted by molar-refractivity contribution is -0.385. The average Bonchev–Trinajstić information content (AvgIpc) is 2.40. The molecule has 0 aromatic heterocycles. The van der Waals surface area contributed by atoms with Crippen LogP contribution in [0.5, 0.6) is 0 Å². The van der Waals surface area contributed by atoms with Crippen molar-refractivity contribution >= 4 is 5.69 Å². The van der Waals surface area contributed by atoms with Gasteiger partial charge in [-0.3, -0.25) is 10.1 Å². The number of hydrogen-bond donors (Lipinski definition) is 4. The predicted molar refractivity (Wildman–Crippen MR) is 63.9 cm³/mol. The van der Waals surface area contributed by atoms with Crippen LogP contribution in [0.1, 0.15) is 5.56 Å². The van der Waals surface area contributed by atoms with E-state index in [4.69, 9.17) is 15.3 Å². The van der Waals surface area contributed by atoms with E-state index in [0.717, 1.165) is 18.2 Å². The number of nitro benzene ring substituents is 1. The summed E-state index contributed by atoms with van der Waals surface area (Å²) in [6.07, 6.45) is 0. The van der Waals surface area contributed by atoms with Gasteiger partial charge in [0.25, 0.3) is 5.69 Å². The molecule has 0 saturated carbocycles. The lowest BCUT2D eigenvalue weighted by Crippen LogP contribution is -2.54. The number of nitrogens with one attached hydrogen (secondary N) is 1. The Labute approximate surface area is 108 Å². The zero-order valence-electron chi connectivity index (χ0n) is 10.0. The van der Waals surface area contributed by atoms with E-state index in [2.05, 4.69) is 5.32 Å². The summed E-state index contributed by atoms with van der Waals surface area (Å²) in [5.41, 5.74) is -1.60. The third kappa shape index (κ3) is 3.67. The first kappa shape index (κ1) is 15.4. The van der Waals surface area contributed by atoms with Gasteiger partial charge in [-0.05, 0) is 12.1 Å². The van der Waals surface area contributed by atoms with Crippen molar-refractivity contribution in [3.8, 4) is 0 Å². The fourth-order valence-electron chi connectivity index (χ4n) is 1.47. The molecule has 106 valence electrons. The Balaban J connectivity index is 2.93. The van der Waals surface area contributed by atoms with Crippen LogP contribution in [0.25, 0.3) is 0 Å². The minimum Gasteiger partial charge on any atom is -0.394 e. The van der Waals surface area contributed by atoms with Crippen molar-refractivity contribution < 1.29 is 24.6 Å². The fraction of sp³-hybridized carbons (Fsp3) is 0.455. The van der Waals surface area contributed by atoms with Crippen LogP contribution in [-0.2, 0) is 6.54 Å². The Kier molecular flexibility index (Phi) is 5.31. The van der Waals surface area contributed by atoms with E-state index in [0.29, 0.717) is 0 Å². The van der Waals surface area contributed by atoms with Crippen molar-refractivity contribution in [3.63, 3.8) is 0 Å². The van der Waals surface area contributed by atoms with Gasteiger partial charge >= 0.3 is 0 Å². The van der Waals surface area contributed by atoms with Gasteiger partial charge in [0.15, 0.2) is 0 Å². The zero-order valence-corrected chi connectivity index (χ0v) is 10.0. The molecule has 0 aliphatic rings. The normalized spacial score (nSPS) is 11.6. The topological polar surface area (TPSA) is 116 Å². The van der Waals surface area contributed by atoms with Crippen molar-refractivity contribution in [3.05, 3.63) is 39.7 Å². The molecule has 7 nitrogen and oxygen atoms in total. The molecule has 0 radical (unpaired) electrons. The first-order valence-corrected chi connectivity index (χ1v) is 5.48. The third-order valence-electron chi connectivity index (χ3n) is 2.80. The Morgan fingerprint density at radius 3 is 2.32 bits per heavy atom. The minimum absolute atomic E-state index is 0.0599. The first-order chi connectivity index (χ1) is 8.98. The van der Waals surface area contributed by atoms with E-state index in [-0.39, 0.29) is 17.8 Å². The molecular weight excluding hydrogens is 259 g/mol. The maximum atomic E-state index is 13.1. The smallest absolute Gasteiger partial charge is 0.274 e. The zero-order chi connectivity index (χ0) is 14.5. The Morgan fingerprint density at radius 2 is 1.84 bits per heavy atom. The van der Waals surface area contributed by atoms with Crippen molar-refractivity contribution in [2.24, 2.45) is 0 Å². The van der Waals surface area contributed by atoms with Crippen LogP contribution < -0.4 is 5.32 Å². The molecule has 0 aliphatic carbocycles. The van der Waals surface area contributed by atoms with Crippen LogP contribution >= 0.6 is 0 Å². The maximum Gasteiger partial charge on any atom is 0.274 e. The molecule has 0 unspecified atom stereocenters. The lowest BCUT2D eigenvalue weighted by atomic mass is 10.0. The highest BCUT2D eigenvalue weighted by molar-refractivity contribution is 5.40. The molecule has 19 heavy (non-hydrogen) atoms. The van der Waals surface area contributed by atoms with Crippen LogP contribution in [0.4, 0.5) is 10.1 Å². The summed E-state index contributed by atoms with van der Waals surface area (Å²) in [6.45, 7) is -1.87. The summed E-state index contributed by atoms with van der Waals surface area (Å²) >= 11 is 0. The quantitative estimate of drug-likeness (QED) is 0.395.